The van der Waals surface area contributed by atoms with E-state index in [1.54, 1.807) is 4.90 Å². The van der Waals surface area contributed by atoms with E-state index >= 15 is 0 Å². The third kappa shape index (κ3) is 6.45. The van der Waals surface area contributed by atoms with E-state index in [4.69, 9.17) is 0 Å². The zero-order valence-corrected chi connectivity index (χ0v) is 19.2. The Morgan fingerprint density at radius 1 is 1.06 bits per heavy atom. The lowest BCUT2D eigenvalue weighted by atomic mass is 9.95. The third-order valence-corrected chi connectivity index (χ3v) is 7.92. The number of carbonyl (C=O) groups is 1. The summed E-state index contributed by atoms with van der Waals surface area (Å²) in [6.45, 7) is 5.71. The van der Waals surface area contributed by atoms with Crippen LogP contribution >= 0.6 is 0 Å². The van der Waals surface area contributed by atoms with Crippen LogP contribution in [0.15, 0.2) is 29.2 Å². The standard InChI is InChI=1S/C22H32F3N3O3S/c1-17(26-32(30,31)20-9-5-4-8-19(20)22(23,24)25)21(29)28-14-10-18(11-15-28)16-27-12-6-2-3-7-13-27/h4-5,8-9,17-18,26H,2-3,6-7,10-16H2,1H3/t17-/m0/s1. The second kappa shape index (κ2) is 10.5. The van der Waals surface area contributed by atoms with E-state index in [0.717, 1.165) is 50.7 Å². The van der Waals surface area contributed by atoms with Crippen molar-refractivity contribution in [1.82, 2.24) is 14.5 Å². The van der Waals surface area contributed by atoms with Crippen LogP contribution in [0.5, 0.6) is 0 Å². The highest BCUT2D eigenvalue weighted by molar-refractivity contribution is 7.89. The Kier molecular flexibility index (Phi) is 8.21. The topological polar surface area (TPSA) is 69.7 Å². The second-order valence-corrected chi connectivity index (χ2v) is 10.5. The molecule has 32 heavy (non-hydrogen) atoms. The molecule has 1 N–H and O–H groups in total. The monoisotopic (exact) mass is 475 g/mol. The van der Waals surface area contributed by atoms with E-state index in [9.17, 15) is 26.4 Å². The van der Waals surface area contributed by atoms with E-state index in [1.807, 2.05) is 0 Å². The lowest BCUT2D eigenvalue weighted by Crippen LogP contribution is -2.50. The summed E-state index contributed by atoms with van der Waals surface area (Å²) < 4.78 is 67.0. The highest BCUT2D eigenvalue weighted by Crippen LogP contribution is 2.34. The SMILES string of the molecule is C[C@H](NS(=O)(=O)c1ccccc1C(F)(F)F)C(=O)N1CCC(CN2CCCCCC2)CC1. The predicted molar refractivity (Wildman–Crippen MR) is 115 cm³/mol. The molecule has 10 heteroatoms. The Labute approximate surface area is 188 Å². The van der Waals surface area contributed by atoms with Crippen molar-refractivity contribution >= 4 is 15.9 Å². The molecule has 2 saturated heterocycles. The van der Waals surface area contributed by atoms with Crippen molar-refractivity contribution in [2.45, 2.75) is 62.6 Å². The number of carbonyl (C=O) groups excluding carboxylic acids is 1. The fourth-order valence-corrected chi connectivity index (χ4v) is 6.00. The van der Waals surface area contributed by atoms with Gasteiger partial charge in [-0.15, -0.1) is 0 Å². The van der Waals surface area contributed by atoms with Gasteiger partial charge in [0.2, 0.25) is 15.9 Å². The number of nitrogens with one attached hydrogen (secondary N) is 1. The molecule has 2 aliphatic heterocycles. The molecule has 0 spiro atoms. The van der Waals surface area contributed by atoms with Crippen LogP contribution in [-0.2, 0) is 21.0 Å². The third-order valence-electron chi connectivity index (χ3n) is 6.33. The van der Waals surface area contributed by atoms with Crippen LogP contribution in [0.1, 0.15) is 51.0 Å². The summed E-state index contributed by atoms with van der Waals surface area (Å²) in [6, 6.07) is 2.83. The zero-order chi connectivity index (χ0) is 23.4. The smallest absolute Gasteiger partial charge is 0.341 e. The molecule has 1 aromatic rings. The Morgan fingerprint density at radius 2 is 1.66 bits per heavy atom. The number of nitrogens with zero attached hydrogens (tertiary/aromatic N) is 2. The second-order valence-electron chi connectivity index (χ2n) is 8.82. The maximum Gasteiger partial charge on any atom is 0.417 e. The first-order valence-electron chi connectivity index (χ1n) is 11.3. The highest BCUT2D eigenvalue weighted by Gasteiger charge is 2.38. The minimum absolute atomic E-state index is 0.411. The molecule has 0 aliphatic carbocycles. The molecule has 2 aliphatic rings. The van der Waals surface area contributed by atoms with Crippen LogP contribution in [0.4, 0.5) is 13.2 Å². The van der Waals surface area contributed by atoms with E-state index in [-0.39, 0.29) is 0 Å². The molecule has 0 bridgehead atoms. The minimum atomic E-state index is -4.81. The number of amides is 1. The van der Waals surface area contributed by atoms with Gasteiger partial charge in [-0.3, -0.25) is 4.79 Å². The Balaban J connectivity index is 1.56. The number of halogens is 3. The molecule has 0 aromatic heterocycles. The number of benzene rings is 1. The minimum Gasteiger partial charge on any atom is -0.341 e. The first-order chi connectivity index (χ1) is 15.1. The first-order valence-corrected chi connectivity index (χ1v) is 12.8. The molecule has 6 nitrogen and oxygen atoms in total. The molecule has 2 heterocycles. The molecule has 0 radical (unpaired) electrons. The molecule has 1 atom stereocenters. The van der Waals surface area contributed by atoms with Gasteiger partial charge in [-0.1, -0.05) is 25.0 Å². The van der Waals surface area contributed by atoms with Crippen molar-refractivity contribution < 1.29 is 26.4 Å². The van der Waals surface area contributed by atoms with Crippen LogP contribution in [0.2, 0.25) is 0 Å². The van der Waals surface area contributed by atoms with Crippen LogP contribution in [0.25, 0.3) is 0 Å². The fraction of sp³-hybridized carbons (Fsp3) is 0.682. The van der Waals surface area contributed by atoms with Crippen LogP contribution in [0.3, 0.4) is 0 Å². The number of hydrogen-bond donors (Lipinski definition) is 1. The van der Waals surface area contributed by atoms with E-state index in [0.29, 0.717) is 19.0 Å². The summed E-state index contributed by atoms with van der Waals surface area (Å²) in [6.07, 6.45) is 1.90. The van der Waals surface area contributed by atoms with Crippen molar-refractivity contribution in [3.8, 4) is 0 Å². The molecular formula is C22H32F3N3O3S. The maximum atomic E-state index is 13.2. The number of alkyl halides is 3. The lowest BCUT2D eigenvalue weighted by molar-refractivity contribution is -0.139. The lowest BCUT2D eigenvalue weighted by Gasteiger charge is -2.35. The summed E-state index contributed by atoms with van der Waals surface area (Å²) in [5.41, 5.74) is -1.25. The molecular weight excluding hydrogens is 443 g/mol. The average molecular weight is 476 g/mol. The summed E-state index contributed by atoms with van der Waals surface area (Å²) in [5.74, 6) is 0.0918. The number of hydrogen-bond acceptors (Lipinski definition) is 4. The summed E-state index contributed by atoms with van der Waals surface area (Å²) in [5, 5.41) is 0. The molecule has 1 amide bonds. The molecule has 1 aromatic carbocycles. The fourth-order valence-electron chi connectivity index (χ4n) is 4.58. The van der Waals surface area contributed by atoms with Gasteiger partial charge in [0.05, 0.1) is 16.5 Å². The van der Waals surface area contributed by atoms with Crippen molar-refractivity contribution in [2.75, 3.05) is 32.7 Å². The van der Waals surface area contributed by atoms with Crippen molar-refractivity contribution in [1.29, 1.82) is 0 Å². The highest BCUT2D eigenvalue weighted by atomic mass is 32.2. The van der Waals surface area contributed by atoms with Crippen LogP contribution in [0, 0.1) is 5.92 Å². The van der Waals surface area contributed by atoms with Gasteiger partial charge in [0.15, 0.2) is 0 Å². The van der Waals surface area contributed by atoms with E-state index < -0.39 is 38.6 Å². The van der Waals surface area contributed by atoms with Gasteiger partial charge in [-0.2, -0.15) is 17.9 Å². The molecule has 3 rings (SSSR count). The number of rotatable bonds is 6. The van der Waals surface area contributed by atoms with Gasteiger partial charge in [0, 0.05) is 19.6 Å². The first kappa shape index (κ1) is 25.0. The van der Waals surface area contributed by atoms with Gasteiger partial charge < -0.3 is 9.80 Å². The molecule has 0 saturated carbocycles. The number of piperidine rings is 1. The Morgan fingerprint density at radius 3 is 2.25 bits per heavy atom. The van der Waals surface area contributed by atoms with E-state index in [1.165, 1.54) is 38.7 Å². The van der Waals surface area contributed by atoms with Crippen molar-refractivity contribution in [2.24, 2.45) is 5.92 Å². The zero-order valence-electron chi connectivity index (χ0n) is 18.4. The Hall–Kier alpha value is -1.65. The van der Waals surface area contributed by atoms with Gasteiger partial charge in [0.1, 0.15) is 0 Å². The predicted octanol–water partition coefficient (Wildman–Crippen LogP) is 3.49. The van der Waals surface area contributed by atoms with Gasteiger partial charge in [0.25, 0.3) is 0 Å². The van der Waals surface area contributed by atoms with Crippen LogP contribution in [-0.4, -0.2) is 62.9 Å². The summed E-state index contributed by atoms with van der Waals surface area (Å²) >= 11 is 0. The molecule has 0 unspecified atom stereocenters. The van der Waals surface area contributed by atoms with Crippen molar-refractivity contribution in [3.05, 3.63) is 29.8 Å². The van der Waals surface area contributed by atoms with Gasteiger partial charge >= 0.3 is 6.18 Å². The quantitative estimate of drug-likeness (QED) is 0.684. The normalized spacial score (nSPS) is 20.7. The average Bonchev–Trinajstić information content (AvgIpc) is 3.01. The maximum absolute atomic E-state index is 13.2. The number of likely N-dealkylation sites (tertiary alicyclic amines) is 2. The Bertz CT molecular complexity index is 876. The largest absolute Gasteiger partial charge is 0.417 e. The van der Waals surface area contributed by atoms with E-state index in [2.05, 4.69) is 9.62 Å². The van der Waals surface area contributed by atoms with Crippen molar-refractivity contribution in [3.63, 3.8) is 0 Å². The van der Waals surface area contributed by atoms with Gasteiger partial charge in [-0.05, 0) is 63.7 Å². The summed E-state index contributed by atoms with van der Waals surface area (Å²) in [7, 11) is -4.51. The molecule has 2 fully saturated rings. The van der Waals surface area contributed by atoms with Crippen LogP contribution < -0.4 is 4.72 Å². The number of sulfonamides is 1. The molecule has 180 valence electrons. The van der Waals surface area contributed by atoms with Gasteiger partial charge in [-0.25, -0.2) is 8.42 Å². The summed E-state index contributed by atoms with van der Waals surface area (Å²) in [4.78, 5) is 16.0.